The van der Waals surface area contributed by atoms with Crippen molar-refractivity contribution in [2.75, 3.05) is 5.73 Å². The molecule has 2 N–H and O–H groups in total. The van der Waals surface area contributed by atoms with E-state index in [1.807, 2.05) is 12.1 Å². The lowest BCUT2D eigenvalue weighted by atomic mass is 10.2. The van der Waals surface area contributed by atoms with Gasteiger partial charge in [0, 0.05) is 10.2 Å². The molecule has 0 unspecified atom stereocenters. The van der Waals surface area contributed by atoms with E-state index in [0.29, 0.717) is 12.3 Å². The van der Waals surface area contributed by atoms with Crippen LogP contribution in [0.1, 0.15) is 5.56 Å². The average molecular weight is 296 g/mol. The number of hydrogen-bond donors (Lipinski definition) is 1. The average Bonchev–Trinajstić information content (AvgIpc) is 2.30. The molecule has 17 heavy (non-hydrogen) atoms. The summed E-state index contributed by atoms with van der Waals surface area (Å²) < 4.78 is 19.6. The number of benzene rings is 2. The molecule has 2 nitrogen and oxygen atoms in total. The van der Waals surface area contributed by atoms with Crippen molar-refractivity contribution in [3.05, 3.63) is 58.3 Å². The van der Waals surface area contributed by atoms with Gasteiger partial charge in [0.15, 0.2) is 11.6 Å². The second kappa shape index (κ2) is 5.19. The van der Waals surface area contributed by atoms with Gasteiger partial charge in [-0.05, 0) is 35.9 Å². The third kappa shape index (κ3) is 3.20. The Hall–Kier alpha value is -1.55. The van der Waals surface area contributed by atoms with E-state index in [1.165, 1.54) is 6.07 Å². The van der Waals surface area contributed by atoms with Gasteiger partial charge in [0.1, 0.15) is 6.61 Å². The summed E-state index contributed by atoms with van der Waals surface area (Å²) in [6.45, 7) is 0.290. The van der Waals surface area contributed by atoms with E-state index in [2.05, 4.69) is 15.9 Å². The zero-order valence-corrected chi connectivity index (χ0v) is 10.6. The zero-order chi connectivity index (χ0) is 12.3. The minimum Gasteiger partial charge on any atom is -0.486 e. The molecule has 0 atom stereocenters. The van der Waals surface area contributed by atoms with Crippen LogP contribution in [0.2, 0.25) is 0 Å². The Kier molecular flexibility index (Phi) is 3.64. The predicted molar refractivity (Wildman–Crippen MR) is 69.3 cm³/mol. The smallest absolute Gasteiger partial charge is 0.165 e. The summed E-state index contributed by atoms with van der Waals surface area (Å²) in [6, 6.07) is 11.9. The lowest BCUT2D eigenvalue weighted by molar-refractivity contribution is 0.290. The van der Waals surface area contributed by atoms with Crippen molar-refractivity contribution < 1.29 is 9.13 Å². The first kappa shape index (κ1) is 11.9. The molecule has 88 valence electrons. The fraction of sp³-hybridized carbons (Fsp3) is 0.0769. The van der Waals surface area contributed by atoms with Crippen molar-refractivity contribution in [2.45, 2.75) is 6.61 Å². The van der Waals surface area contributed by atoms with E-state index in [1.54, 1.807) is 24.3 Å². The molecule has 2 aromatic carbocycles. The third-order valence-corrected chi connectivity index (χ3v) is 2.73. The topological polar surface area (TPSA) is 35.2 Å². The van der Waals surface area contributed by atoms with Crippen LogP contribution >= 0.6 is 15.9 Å². The highest BCUT2D eigenvalue weighted by Crippen LogP contribution is 2.23. The van der Waals surface area contributed by atoms with Gasteiger partial charge < -0.3 is 10.5 Å². The van der Waals surface area contributed by atoms with E-state index in [-0.39, 0.29) is 11.6 Å². The molecule has 0 aliphatic carbocycles. The predicted octanol–water partition coefficient (Wildman–Crippen LogP) is 3.75. The van der Waals surface area contributed by atoms with E-state index < -0.39 is 0 Å². The number of anilines is 1. The number of hydrogen-bond acceptors (Lipinski definition) is 2. The molecule has 2 aromatic rings. The molecule has 0 spiro atoms. The fourth-order valence-corrected chi connectivity index (χ4v) is 1.77. The van der Waals surface area contributed by atoms with Crippen LogP contribution in [0.25, 0.3) is 0 Å². The first-order chi connectivity index (χ1) is 8.15. The summed E-state index contributed by atoms with van der Waals surface area (Å²) in [6.07, 6.45) is 0. The summed E-state index contributed by atoms with van der Waals surface area (Å²) in [5, 5.41) is 0. The highest BCUT2D eigenvalue weighted by molar-refractivity contribution is 9.10. The number of rotatable bonds is 3. The van der Waals surface area contributed by atoms with Gasteiger partial charge in [0.25, 0.3) is 0 Å². The van der Waals surface area contributed by atoms with Gasteiger partial charge in [-0.2, -0.15) is 0 Å². The van der Waals surface area contributed by atoms with Crippen LogP contribution < -0.4 is 10.5 Å². The molecule has 0 bridgehead atoms. The Morgan fingerprint density at radius 1 is 1.18 bits per heavy atom. The molecule has 0 aromatic heterocycles. The first-order valence-corrected chi connectivity index (χ1v) is 5.87. The minimum atomic E-state index is -0.378. The quantitative estimate of drug-likeness (QED) is 0.875. The van der Waals surface area contributed by atoms with Crippen LogP contribution in [-0.4, -0.2) is 0 Å². The highest BCUT2D eigenvalue weighted by Gasteiger charge is 2.04. The summed E-state index contributed by atoms with van der Waals surface area (Å²) in [7, 11) is 0. The largest absolute Gasteiger partial charge is 0.486 e. The number of nitrogens with two attached hydrogens (primary N) is 1. The molecule has 0 aliphatic rings. The van der Waals surface area contributed by atoms with Crippen molar-refractivity contribution in [1.82, 2.24) is 0 Å². The molecule has 0 heterocycles. The van der Waals surface area contributed by atoms with E-state index in [9.17, 15) is 4.39 Å². The Morgan fingerprint density at radius 3 is 2.76 bits per heavy atom. The number of halogens is 2. The molecule has 0 radical (unpaired) electrons. The van der Waals surface area contributed by atoms with Gasteiger partial charge in [0.2, 0.25) is 0 Å². The summed E-state index contributed by atoms with van der Waals surface area (Å²) >= 11 is 3.27. The number of nitrogen functional groups attached to an aromatic ring is 1. The SMILES string of the molecule is Nc1cccc(COc2cc(Br)ccc2F)c1. The Morgan fingerprint density at radius 2 is 2.00 bits per heavy atom. The van der Waals surface area contributed by atoms with Crippen molar-refractivity contribution in [1.29, 1.82) is 0 Å². The van der Waals surface area contributed by atoms with Crippen LogP contribution in [0.4, 0.5) is 10.1 Å². The molecular weight excluding hydrogens is 285 g/mol. The van der Waals surface area contributed by atoms with Crippen molar-refractivity contribution in [3.8, 4) is 5.75 Å². The number of ether oxygens (including phenoxy) is 1. The van der Waals surface area contributed by atoms with Crippen molar-refractivity contribution in [3.63, 3.8) is 0 Å². The summed E-state index contributed by atoms with van der Waals surface area (Å²) in [4.78, 5) is 0. The normalized spacial score (nSPS) is 10.2. The maximum absolute atomic E-state index is 13.4. The van der Waals surface area contributed by atoms with E-state index in [4.69, 9.17) is 10.5 Å². The van der Waals surface area contributed by atoms with Crippen molar-refractivity contribution >= 4 is 21.6 Å². The molecule has 0 fully saturated rings. The molecular formula is C13H11BrFNO. The fourth-order valence-electron chi connectivity index (χ4n) is 1.43. The molecule has 0 aliphatic heterocycles. The maximum Gasteiger partial charge on any atom is 0.165 e. The molecule has 4 heteroatoms. The second-order valence-electron chi connectivity index (χ2n) is 3.61. The zero-order valence-electron chi connectivity index (χ0n) is 8.99. The Balaban J connectivity index is 2.09. The van der Waals surface area contributed by atoms with Crippen LogP contribution in [0, 0.1) is 5.82 Å². The van der Waals surface area contributed by atoms with E-state index in [0.717, 1.165) is 10.0 Å². The van der Waals surface area contributed by atoms with Gasteiger partial charge >= 0.3 is 0 Å². The van der Waals surface area contributed by atoms with Gasteiger partial charge in [-0.25, -0.2) is 4.39 Å². The molecule has 0 amide bonds. The van der Waals surface area contributed by atoms with Crippen LogP contribution in [0.3, 0.4) is 0 Å². The van der Waals surface area contributed by atoms with Gasteiger partial charge in [-0.3, -0.25) is 0 Å². The lowest BCUT2D eigenvalue weighted by Crippen LogP contribution is -1.98. The standard InChI is InChI=1S/C13H11BrFNO/c14-10-4-5-12(15)13(7-10)17-8-9-2-1-3-11(16)6-9/h1-7H,8,16H2. The van der Waals surface area contributed by atoms with Gasteiger partial charge in [0.05, 0.1) is 0 Å². The van der Waals surface area contributed by atoms with Crippen LogP contribution in [-0.2, 0) is 6.61 Å². The van der Waals surface area contributed by atoms with Crippen molar-refractivity contribution in [2.24, 2.45) is 0 Å². The molecule has 0 saturated heterocycles. The van der Waals surface area contributed by atoms with Crippen LogP contribution in [0.15, 0.2) is 46.9 Å². The minimum absolute atomic E-state index is 0.224. The first-order valence-electron chi connectivity index (χ1n) is 5.07. The Bertz CT molecular complexity index is 531. The summed E-state index contributed by atoms with van der Waals surface area (Å²) in [5.41, 5.74) is 7.22. The van der Waals surface area contributed by atoms with Gasteiger partial charge in [-0.15, -0.1) is 0 Å². The Labute approximate surface area is 107 Å². The third-order valence-electron chi connectivity index (χ3n) is 2.24. The highest BCUT2D eigenvalue weighted by atomic mass is 79.9. The molecule has 2 rings (SSSR count). The maximum atomic E-state index is 13.4. The van der Waals surface area contributed by atoms with Crippen LogP contribution in [0.5, 0.6) is 5.75 Å². The summed E-state index contributed by atoms with van der Waals surface area (Å²) in [5.74, 6) is -0.154. The van der Waals surface area contributed by atoms with Gasteiger partial charge in [-0.1, -0.05) is 28.1 Å². The van der Waals surface area contributed by atoms with E-state index >= 15 is 0 Å². The molecule has 0 saturated carbocycles. The monoisotopic (exact) mass is 295 g/mol. The lowest BCUT2D eigenvalue weighted by Gasteiger charge is -2.08. The second-order valence-corrected chi connectivity index (χ2v) is 4.52.